The molecule has 12 heteroatoms. The highest BCUT2D eigenvalue weighted by molar-refractivity contribution is 7.90. The number of carbonyl (C=O) groups excluding carboxylic acids is 1. The van der Waals surface area contributed by atoms with Gasteiger partial charge in [0.05, 0.1) is 5.69 Å². The second kappa shape index (κ2) is 10.9. The molecule has 1 aliphatic heterocycles. The van der Waals surface area contributed by atoms with Gasteiger partial charge in [-0.25, -0.2) is 36.4 Å². The summed E-state index contributed by atoms with van der Waals surface area (Å²) in [5.41, 5.74) is 2.21. The molecule has 39 heavy (non-hydrogen) atoms. The van der Waals surface area contributed by atoms with Crippen molar-refractivity contribution in [1.82, 2.24) is 20.2 Å². The van der Waals surface area contributed by atoms with Gasteiger partial charge in [0, 0.05) is 55.2 Å². The molecule has 2 aliphatic rings. The third kappa shape index (κ3) is 6.06. The maximum atomic E-state index is 14.8. The van der Waals surface area contributed by atoms with Crippen molar-refractivity contribution in [2.45, 2.75) is 62.1 Å². The van der Waals surface area contributed by atoms with Crippen LogP contribution in [-0.4, -0.2) is 47.7 Å². The molecule has 8 nitrogen and oxygen atoms in total. The van der Waals surface area contributed by atoms with E-state index in [4.69, 9.17) is 4.74 Å². The van der Waals surface area contributed by atoms with Gasteiger partial charge in [-0.05, 0) is 36.5 Å². The number of rotatable bonds is 6. The predicted molar refractivity (Wildman–Crippen MR) is 135 cm³/mol. The summed E-state index contributed by atoms with van der Waals surface area (Å²) in [6.07, 6.45) is 3.21. The lowest BCUT2D eigenvalue weighted by Crippen LogP contribution is -2.48. The van der Waals surface area contributed by atoms with Gasteiger partial charge in [-0.2, -0.15) is 0 Å². The first-order chi connectivity index (χ1) is 18.6. The van der Waals surface area contributed by atoms with Gasteiger partial charge in [-0.3, -0.25) is 4.90 Å². The van der Waals surface area contributed by atoms with Crippen molar-refractivity contribution < 1.29 is 31.1 Å². The quantitative estimate of drug-likeness (QED) is 0.355. The first-order valence-corrected chi connectivity index (χ1v) is 14.4. The molecule has 1 amide bonds. The number of benzene rings is 2. The standard InChI is InChI=1S/C27H27F3N4O4S/c1-39(36,37)26-31-12-17-13-34(14-25(17)32-26)18-7-8-19(20-10-22(29)23(30)11-21(20)28)24(9-18)33-27(35)38-15-16-5-3-2-4-6-16/h2-6,10-12,18-19,24H,7-9,13-15H2,1H3,(H,33,35)/t18-,19+,24-/m0/s1. The van der Waals surface area contributed by atoms with Crippen molar-refractivity contribution in [3.8, 4) is 0 Å². The normalized spacial score (nSPS) is 21.4. The van der Waals surface area contributed by atoms with Crippen LogP contribution in [0.1, 0.15) is 47.6 Å². The lowest BCUT2D eigenvalue weighted by molar-refractivity contribution is 0.107. The fourth-order valence-corrected chi connectivity index (χ4v) is 5.87. The van der Waals surface area contributed by atoms with Gasteiger partial charge in [-0.15, -0.1) is 0 Å². The Balaban J connectivity index is 1.34. The number of aromatic nitrogens is 2. The van der Waals surface area contributed by atoms with E-state index in [1.807, 2.05) is 30.3 Å². The highest BCUT2D eigenvalue weighted by Crippen LogP contribution is 2.39. The number of nitrogens with one attached hydrogen (secondary N) is 1. The summed E-state index contributed by atoms with van der Waals surface area (Å²) in [7, 11) is -3.56. The Hall–Kier alpha value is -3.51. The SMILES string of the molecule is CS(=O)(=O)c1ncc2c(n1)CN([C@H]1CC[C@H](c3cc(F)c(F)cc3F)[C@@H](NC(=O)OCc3ccccc3)C1)C2. The number of halogens is 3. The summed E-state index contributed by atoms with van der Waals surface area (Å²) in [4.78, 5) is 23.1. The number of nitrogens with zero attached hydrogens (tertiary/aromatic N) is 3. The van der Waals surface area contributed by atoms with Crippen molar-refractivity contribution >= 4 is 15.9 Å². The molecule has 1 aromatic heterocycles. The van der Waals surface area contributed by atoms with Gasteiger partial charge in [-0.1, -0.05) is 30.3 Å². The number of ether oxygens (including phenoxy) is 1. The number of hydrogen-bond donors (Lipinski definition) is 1. The molecular formula is C27H27F3N4O4S. The Labute approximate surface area is 224 Å². The number of amides is 1. The molecule has 0 radical (unpaired) electrons. The van der Waals surface area contributed by atoms with E-state index in [2.05, 4.69) is 20.2 Å². The van der Waals surface area contributed by atoms with E-state index in [0.717, 1.165) is 23.4 Å². The highest BCUT2D eigenvalue weighted by Gasteiger charge is 2.39. The van der Waals surface area contributed by atoms with E-state index in [-0.39, 0.29) is 23.4 Å². The first-order valence-electron chi connectivity index (χ1n) is 12.5. The van der Waals surface area contributed by atoms with Crippen LogP contribution in [0.25, 0.3) is 0 Å². The lowest BCUT2D eigenvalue weighted by Gasteiger charge is -2.40. The zero-order chi connectivity index (χ0) is 27.7. The highest BCUT2D eigenvalue weighted by atomic mass is 32.2. The molecular weight excluding hydrogens is 533 g/mol. The van der Waals surface area contributed by atoms with Gasteiger partial charge in [0.25, 0.3) is 0 Å². The molecule has 1 N–H and O–H groups in total. The minimum atomic E-state index is -3.56. The second-order valence-electron chi connectivity index (χ2n) is 9.98. The fourth-order valence-electron chi connectivity index (χ4n) is 5.35. The maximum absolute atomic E-state index is 14.8. The smallest absolute Gasteiger partial charge is 0.407 e. The van der Waals surface area contributed by atoms with Crippen LogP contribution < -0.4 is 5.32 Å². The minimum absolute atomic E-state index is 0.00548. The molecule has 206 valence electrons. The summed E-state index contributed by atoms with van der Waals surface area (Å²) in [6, 6.07) is 9.78. The summed E-state index contributed by atoms with van der Waals surface area (Å²) in [5.74, 6) is -3.92. The van der Waals surface area contributed by atoms with Gasteiger partial charge in [0.2, 0.25) is 15.0 Å². The summed E-state index contributed by atoms with van der Waals surface area (Å²) < 4.78 is 71.6. The molecule has 0 bridgehead atoms. The number of alkyl carbamates (subject to hydrolysis) is 1. The topological polar surface area (TPSA) is 101 Å². The molecule has 0 spiro atoms. The van der Waals surface area contributed by atoms with Crippen LogP contribution in [0.5, 0.6) is 0 Å². The van der Waals surface area contributed by atoms with Crippen molar-refractivity contribution in [3.05, 3.63) is 88.5 Å². The Morgan fingerprint density at radius 1 is 1.08 bits per heavy atom. The van der Waals surface area contributed by atoms with Crippen LogP contribution in [0.4, 0.5) is 18.0 Å². The number of fused-ring (bicyclic) bond motifs is 1. The van der Waals surface area contributed by atoms with Gasteiger partial charge >= 0.3 is 6.09 Å². The summed E-state index contributed by atoms with van der Waals surface area (Å²) in [6.45, 7) is 0.912. The molecule has 0 unspecified atom stereocenters. The zero-order valence-corrected chi connectivity index (χ0v) is 21.9. The Bertz CT molecular complexity index is 1490. The zero-order valence-electron chi connectivity index (χ0n) is 21.1. The molecule has 1 fully saturated rings. The average Bonchev–Trinajstić information content (AvgIpc) is 3.34. The van der Waals surface area contributed by atoms with Gasteiger partial charge < -0.3 is 10.1 Å². The van der Waals surface area contributed by atoms with Crippen molar-refractivity contribution in [3.63, 3.8) is 0 Å². The number of carbonyl (C=O) groups is 1. The van der Waals surface area contributed by atoms with E-state index in [1.54, 1.807) is 0 Å². The second-order valence-corrected chi connectivity index (χ2v) is 11.9. The Kier molecular flexibility index (Phi) is 7.59. The molecule has 2 heterocycles. The largest absolute Gasteiger partial charge is 0.445 e. The average molecular weight is 561 g/mol. The molecule has 3 aromatic rings. The van der Waals surface area contributed by atoms with Crippen LogP contribution >= 0.6 is 0 Å². The van der Waals surface area contributed by atoms with Crippen LogP contribution in [0.2, 0.25) is 0 Å². The molecule has 5 rings (SSSR count). The van der Waals surface area contributed by atoms with E-state index in [1.165, 1.54) is 6.20 Å². The maximum Gasteiger partial charge on any atom is 0.407 e. The van der Waals surface area contributed by atoms with Crippen LogP contribution in [-0.2, 0) is 34.3 Å². The Morgan fingerprint density at radius 2 is 1.82 bits per heavy atom. The van der Waals surface area contributed by atoms with E-state index in [9.17, 15) is 26.4 Å². The minimum Gasteiger partial charge on any atom is -0.445 e. The molecule has 3 atom stereocenters. The molecule has 2 aromatic carbocycles. The monoisotopic (exact) mass is 560 g/mol. The van der Waals surface area contributed by atoms with Crippen LogP contribution in [0, 0.1) is 17.5 Å². The number of sulfone groups is 1. The predicted octanol–water partition coefficient (Wildman–Crippen LogP) is 4.24. The third-order valence-electron chi connectivity index (χ3n) is 7.28. The fraction of sp³-hybridized carbons (Fsp3) is 0.370. The van der Waals surface area contributed by atoms with Gasteiger partial charge in [0.1, 0.15) is 12.4 Å². The van der Waals surface area contributed by atoms with Crippen molar-refractivity contribution in [2.24, 2.45) is 0 Å². The van der Waals surface area contributed by atoms with Crippen LogP contribution in [0.3, 0.4) is 0 Å². The summed E-state index contributed by atoms with van der Waals surface area (Å²) >= 11 is 0. The lowest BCUT2D eigenvalue weighted by atomic mass is 9.77. The van der Waals surface area contributed by atoms with E-state index in [0.29, 0.717) is 44.1 Å². The third-order valence-corrected chi connectivity index (χ3v) is 8.14. The molecule has 1 aliphatic carbocycles. The molecule has 1 saturated carbocycles. The van der Waals surface area contributed by atoms with Crippen LogP contribution in [0.15, 0.2) is 53.8 Å². The van der Waals surface area contributed by atoms with Crippen molar-refractivity contribution in [2.75, 3.05) is 6.26 Å². The van der Waals surface area contributed by atoms with Crippen molar-refractivity contribution in [1.29, 1.82) is 0 Å². The summed E-state index contributed by atoms with van der Waals surface area (Å²) in [5, 5.41) is 2.59. The van der Waals surface area contributed by atoms with Gasteiger partial charge in [0.15, 0.2) is 11.6 Å². The Morgan fingerprint density at radius 3 is 2.56 bits per heavy atom. The van der Waals surface area contributed by atoms with E-state index >= 15 is 0 Å². The first kappa shape index (κ1) is 27.1. The molecule has 0 saturated heterocycles. The number of hydrogen-bond acceptors (Lipinski definition) is 7. The van der Waals surface area contributed by atoms with E-state index < -0.39 is 45.3 Å².